The van der Waals surface area contributed by atoms with Gasteiger partial charge in [-0.25, -0.2) is 4.98 Å². The van der Waals surface area contributed by atoms with Crippen LogP contribution in [0.5, 0.6) is 5.75 Å². The summed E-state index contributed by atoms with van der Waals surface area (Å²) >= 11 is 1.37. The highest BCUT2D eigenvalue weighted by atomic mass is 35.5. The third kappa shape index (κ3) is 5.47. The summed E-state index contributed by atoms with van der Waals surface area (Å²) in [7, 11) is 1.61. The number of carbonyl (C=O) groups excluding carboxylic acids is 1. The van der Waals surface area contributed by atoms with Crippen LogP contribution in [0.2, 0.25) is 0 Å². The van der Waals surface area contributed by atoms with Crippen molar-refractivity contribution < 1.29 is 14.3 Å². The lowest BCUT2D eigenvalue weighted by Crippen LogP contribution is -2.14. The van der Waals surface area contributed by atoms with E-state index >= 15 is 0 Å². The third-order valence-corrected chi connectivity index (χ3v) is 3.76. The maximum atomic E-state index is 12.2. The molecule has 0 saturated heterocycles. The summed E-state index contributed by atoms with van der Waals surface area (Å²) in [6, 6.07) is 5.59. The highest BCUT2D eigenvalue weighted by Crippen LogP contribution is 2.26. The Morgan fingerprint density at radius 2 is 2.17 bits per heavy atom. The first-order chi connectivity index (χ1) is 10.6. The molecule has 8 heteroatoms. The fraction of sp³-hybridized carbons (Fsp3) is 0.333. The second-order valence-electron chi connectivity index (χ2n) is 4.63. The van der Waals surface area contributed by atoms with Crippen molar-refractivity contribution in [2.45, 2.75) is 13.5 Å². The molecule has 0 unspecified atom stereocenters. The SMILES string of the molecule is COCCOc1cc(C)ccc1NC(=O)c1csc(CN)n1.Cl. The molecule has 0 saturated carbocycles. The maximum Gasteiger partial charge on any atom is 0.275 e. The second kappa shape index (κ2) is 9.46. The first-order valence-electron chi connectivity index (χ1n) is 6.82. The van der Waals surface area contributed by atoms with E-state index in [4.69, 9.17) is 15.2 Å². The first-order valence-corrected chi connectivity index (χ1v) is 7.70. The predicted molar refractivity (Wildman–Crippen MR) is 93.8 cm³/mol. The van der Waals surface area contributed by atoms with E-state index in [0.29, 0.717) is 36.9 Å². The number of methoxy groups -OCH3 is 1. The van der Waals surface area contributed by atoms with Crippen molar-refractivity contribution in [2.75, 3.05) is 25.6 Å². The number of benzene rings is 1. The lowest BCUT2D eigenvalue weighted by Gasteiger charge is -2.12. The normalized spacial score (nSPS) is 10.0. The van der Waals surface area contributed by atoms with E-state index < -0.39 is 0 Å². The number of nitrogens with two attached hydrogens (primary N) is 1. The molecule has 0 spiro atoms. The maximum absolute atomic E-state index is 12.2. The fourth-order valence-corrected chi connectivity index (χ4v) is 2.44. The first kappa shape index (κ1) is 19.4. The Balaban J connectivity index is 0.00000264. The van der Waals surface area contributed by atoms with Gasteiger partial charge in [0.1, 0.15) is 23.1 Å². The lowest BCUT2D eigenvalue weighted by atomic mass is 10.2. The van der Waals surface area contributed by atoms with Gasteiger partial charge in [-0.05, 0) is 24.6 Å². The Labute approximate surface area is 145 Å². The average Bonchev–Trinajstić information content (AvgIpc) is 2.99. The van der Waals surface area contributed by atoms with Crippen molar-refractivity contribution in [1.82, 2.24) is 4.98 Å². The van der Waals surface area contributed by atoms with Crippen molar-refractivity contribution in [2.24, 2.45) is 5.73 Å². The van der Waals surface area contributed by atoms with Gasteiger partial charge in [-0.2, -0.15) is 0 Å². The van der Waals surface area contributed by atoms with Gasteiger partial charge < -0.3 is 20.5 Å². The summed E-state index contributed by atoms with van der Waals surface area (Å²) in [5, 5.41) is 5.24. The molecule has 23 heavy (non-hydrogen) atoms. The average molecular weight is 358 g/mol. The van der Waals surface area contributed by atoms with E-state index in [1.54, 1.807) is 12.5 Å². The summed E-state index contributed by atoms with van der Waals surface area (Å²) in [4.78, 5) is 16.4. The Morgan fingerprint density at radius 1 is 1.39 bits per heavy atom. The number of aromatic nitrogens is 1. The van der Waals surface area contributed by atoms with Gasteiger partial charge in [0, 0.05) is 19.0 Å². The van der Waals surface area contributed by atoms with Crippen molar-refractivity contribution in [3.63, 3.8) is 0 Å². The molecule has 0 aliphatic heterocycles. The van der Waals surface area contributed by atoms with Crippen molar-refractivity contribution in [1.29, 1.82) is 0 Å². The highest BCUT2D eigenvalue weighted by molar-refractivity contribution is 7.09. The van der Waals surface area contributed by atoms with E-state index in [1.807, 2.05) is 25.1 Å². The zero-order valence-electron chi connectivity index (χ0n) is 13.0. The molecule has 3 N–H and O–H groups in total. The van der Waals surface area contributed by atoms with Crippen LogP contribution in [0.1, 0.15) is 21.1 Å². The van der Waals surface area contributed by atoms with Gasteiger partial charge in [0.05, 0.1) is 12.3 Å². The number of ether oxygens (including phenoxy) is 2. The van der Waals surface area contributed by atoms with Crippen LogP contribution in [-0.4, -0.2) is 31.2 Å². The molecule has 1 aromatic heterocycles. The van der Waals surface area contributed by atoms with Gasteiger partial charge in [-0.3, -0.25) is 4.79 Å². The monoisotopic (exact) mass is 357 g/mol. The van der Waals surface area contributed by atoms with Crippen LogP contribution in [-0.2, 0) is 11.3 Å². The second-order valence-corrected chi connectivity index (χ2v) is 5.57. The molecule has 1 heterocycles. The standard InChI is InChI=1S/C15H19N3O3S.ClH/c1-10-3-4-11(13(7-10)21-6-5-20-2)18-15(19)12-9-22-14(8-16)17-12;/h3-4,7,9H,5-6,8,16H2,1-2H3,(H,18,19);1H. The predicted octanol–water partition coefficient (Wildman–Crippen LogP) is 2.61. The number of nitrogens with one attached hydrogen (secondary N) is 1. The number of nitrogens with zero attached hydrogens (tertiary/aromatic N) is 1. The molecule has 0 fully saturated rings. The van der Waals surface area contributed by atoms with Crippen LogP contribution in [0.25, 0.3) is 0 Å². The van der Waals surface area contributed by atoms with Gasteiger partial charge in [0.25, 0.3) is 5.91 Å². The molecule has 2 rings (SSSR count). The number of amides is 1. The number of halogens is 1. The Kier molecular flexibility index (Phi) is 7.97. The number of thiazole rings is 1. The number of carbonyl (C=O) groups is 1. The summed E-state index contributed by atoms with van der Waals surface area (Å²) in [5.41, 5.74) is 7.52. The largest absolute Gasteiger partial charge is 0.489 e. The van der Waals surface area contributed by atoms with Crippen LogP contribution in [0.3, 0.4) is 0 Å². The number of aryl methyl sites for hydroxylation is 1. The van der Waals surface area contributed by atoms with E-state index in [1.165, 1.54) is 11.3 Å². The van der Waals surface area contributed by atoms with Crippen LogP contribution in [0.15, 0.2) is 23.6 Å². The van der Waals surface area contributed by atoms with Crippen molar-refractivity contribution in [3.8, 4) is 5.75 Å². The van der Waals surface area contributed by atoms with Crippen molar-refractivity contribution in [3.05, 3.63) is 39.8 Å². The van der Waals surface area contributed by atoms with Crippen LogP contribution in [0, 0.1) is 6.92 Å². The minimum Gasteiger partial charge on any atom is -0.489 e. The fourth-order valence-electron chi connectivity index (χ4n) is 1.78. The number of hydrogen-bond acceptors (Lipinski definition) is 6. The lowest BCUT2D eigenvalue weighted by molar-refractivity contribution is 0.102. The molecule has 0 radical (unpaired) electrons. The van der Waals surface area contributed by atoms with Gasteiger partial charge >= 0.3 is 0 Å². The van der Waals surface area contributed by atoms with Crippen molar-refractivity contribution >= 4 is 35.3 Å². The van der Waals surface area contributed by atoms with Crippen LogP contribution in [0.4, 0.5) is 5.69 Å². The van der Waals surface area contributed by atoms with Gasteiger partial charge in [-0.15, -0.1) is 23.7 Å². The summed E-state index contributed by atoms with van der Waals surface area (Å²) < 4.78 is 10.6. The molecule has 0 aliphatic rings. The quantitative estimate of drug-likeness (QED) is 0.744. The van der Waals surface area contributed by atoms with Gasteiger partial charge in [-0.1, -0.05) is 6.07 Å². The number of hydrogen-bond donors (Lipinski definition) is 2. The number of rotatable bonds is 7. The Morgan fingerprint density at radius 3 is 2.83 bits per heavy atom. The third-order valence-electron chi connectivity index (χ3n) is 2.89. The van der Waals surface area contributed by atoms with E-state index in [-0.39, 0.29) is 18.3 Å². The highest BCUT2D eigenvalue weighted by Gasteiger charge is 2.13. The zero-order chi connectivity index (χ0) is 15.9. The topological polar surface area (TPSA) is 86.5 Å². The molecule has 1 aromatic carbocycles. The molecule has 6 nitrogen and oxygen atoms in total. The minimum absolute atomic E-state index is 0. The van der Waals surface area contributed by atoms with E-state index in [2.05, 4.69) is 10.3 Å². The summed E-state index contributed by atoms with van der Waals surface area (Å²) in [6.45, 7) is 3.18. The molecule has 0 bridgehead atoms. The molecule has 0 aliphatic carbocycles. The molecular weight excluding hydrogens is 338 g/mol. The smallest absolute Gasteiger partial charge is 0.275 e. The number of anilines is 1. The van der Waals surface area contributed by atoms with E-state index in [0.717, 1.165) is 10.6 Å². The molecule has 1 amide bonds. The van der Waals surface area contributed by atoms with Crippen LogP contribution >= 0.6 is 23.7 Å². The summed E-state index contributed by atoms with van der Waals surface area (Å²) in [6.07, 6.45) is 0. The zero-order valence-corrected chi connectivity index (χ0v) is 14.6. The Hall–Kier alpha value is -1.67. The van der Waals surface area contributed by atoms with Crippen LogP contribution < -0.4 is 15.8 Å². The van der Waals surface area contributed by atoms with E-state index in [9.17, 15) is 4.79 Å². The molecule has 0 atom stereocenters. The van der Waals surface area contributed by atoms with Gasteiger partial charge in [0.15, 0.2) is 0 Å². The van der Waals surface area contributed by atoms with Gasteiger partial charge in [0.2, 0.25) is 0 Å². The molecule has 2 aromatic rings. The molecular formula is C15H20ClN3O3S. The minimum atomic E-state index is -0.281. The summed E-state index contributed by atoms with van der Waals surface area (Å²) in [5.74, 6) is 0.330. The Bertz CT molecular complexity index is 649. The molecule has 126 valence electrons.